The number of rotatable bonds is 1. The zero-order valence-electron chi connectivity index (χ0n) is 10.3. The number of fused-ring (bicyclic) bond motifs is 2. The Labute approximate surface area is 125 Å². The number of alkyl halides is 1. The summed E-state index contributed by atoms with van der Waals surface area (Å²) in [5, 5.41) is 0.199. The van der Waals surface area contributed by atoms with Gasteiger partial charge >= 0.3 is 0 Å². The number of benzene rings is 1. The van der Waals surface area contributed by atoms with Crippen LogP contribution in [-0.4, -0.2) is 27.7 Å². The van der Waals surface area contributed by atoms with Crippen LogP contribution in [0.3, 0.4) is 0 Å². The molecule has 2 aliphatic heterocycles. The van der Waals surface area contributed by atoms with Crippen LogP contribution >= 0.6 is 27.5 Å². The van der Waals surface area contributed by atoms with E-state index in [0.29, 0.717) is 4.83 Å². The van der Waals surface area contributed by atoms with E-state index in [2.05, 4.69) is 15.9 Å². The number of carbonyl (C=O) groups excluding carboxylic acids is 1. The highest BCUT2D eigenvalue weighted by Crippen LogP contribution is 2.40. The van der Waals surface area contributed by atoms with Gasteiger partial charge in [-0.25, -0.2) is 4.39 Å². The van der Waals surface area contributed by atoms with Gasteiger partial charge in [-0.1, -0.05) is 33.6 Å². The third-order valence-electron chi connectivity index (χ3n) is 4.09. The van der Waals surface area contributed by atoms with Crippen molar-refractivity contribution in [2.75, 3.05) is 0 Å². The summed E-state index contributed by atoms with van der Waals surface area (Å²) >= 11 is 9.62. The summed E-state index contributed by atoms with van der Waals surface area (Å²) in [6.45, 7) is 0. The van der Waals surface area contributed by atoms with E-state index in [1.807, 2.05) is 4.90 Å². The number of carbonyl (C=O) groups is 1. The second-order valence-electron chi connectivity index (χ2n) is 5.26. The molecule has 2 fully saturated rings. The fourth-order valence-corrected chi connectivity index (χ4v) is 4.38. The molecule has 102 valence electrons. The zero-order valence-corrected chi connectivity index (χ0v) is 12.6. The average Bonchev–Trinajstić information content (AvgIpc) is 2.61. The first-order valence-electron chi connectivity index (χ1n) is 6.48. The van der Waals surface area contributed by atoms with Gasteiger partial charge in [0, 0.05) is 16.9 Å². The lowest BCUT2D eigenvalue weighted by molar-refractivity contribution is 0.0599. The van der Waals surface area contributed by atoms with Crippen LogP contribution in [-0.2, 0) is 0 Å². The number of hydrogen-bond donors (Lipinski definition) is 0. The van der Waals surface area contributed by atoms with Gasteiger partial charge in [0.05, 0.1) is 10.6 Å². The third-order valence-corrected chi connectivity index (χ3v) is 5.15. The maximum atomic E-state index is 13.9. The molecule has 2 bridgehead atoms. The van der Waals surface area contributed by atoms with Gasteiger partial charge in [0.25, 0.3) is 5.91 Å². The Morgan fingerprint density at radius 2 is 1.95 bits per heavy atom. The molecule has 3 rings (SSSR count). The second-order valence-corrected chi connectivity index (χ2v) is 6.96. The number of amides is 1. The summed E-state index contributed by atoms with van der Waals surface area (Å²) in [6, 6.07) is 4.81. The van der Waals surface area contributed by atoms with Gasteiger partial charge in [-0.3, -0.25) is 4.79 Å². The monoisotopic (exact) mass is 345 g/mol. The average molecular weight is 347 g/mol. The van der Waals surface area contributed by atoms with E-state index in [9.17, 15) is 9.18 Å². The normalized spacial score (nSPS) is 29.6. The maximum absolute atomic E-state index is 13.9. The smallest absolute Gasteiger partial charge is 0.258 e. The van der Waals surface area contributed by atoms with E-state index >= 15 is 0 Å². The Balaban J connectivity index is 1.93. The highest BCUT2D eigenvalue weighted by atomic mass is 79.9. The van der Waals surface area contributed by atoms with Crippen LogP contribution in [0.2, 0.25) is 5.02 Å². The van der Waals surface area contributed by atoms with Gasteiger partial charge in [0.15, 0.2) is 0 Å². The maximum Gasteiger partial charge on any atom is 0.258 e. The van der Waals surface area contributed by atoms with Crippen molar-refractivity contribution in [2.45, 2.75) is 42.6 Å². The molecule has 5 heteroatoms. The van der Waals surface area contributed by atoms with Crippen molar-refractivity contribution in [1.82, 2.24) is 4.90 Å². The minimum absolute atomic E-state index is 0.0223. The first-order chi connectivity index (χ1) is 9.08. The molecule has 1 aromatic rings. The summed E-state index contributed by atoms with van der Waals surface area (Å²) in [4.78, 5) is 14.9. The molecule has 2 atom stereocenters. The van der Waals surface area contributed by atoms with E-state index in [4.69, 9.17) is 11.6 Å². The highest BCUT2D eigenvalue weighted by Gasteiger charge is 2.43. The molecule has 0 spiro atoms. The SMILES string of the molecule is O=C(c1c(F)cccc1Cl)N1C2CCC1CC(Br)C2. The van der Waals surface area contributed by atoms with Crippen LogP contribution in [0.1, 0.15) is 36.0 Å². The molecule has 0 aromatic heterocycles. The summed E-state index contributed by atoms with van der Waals surface area (Å²) in [6.07, 6.45) is 3.89. The summed E-state index contributed by atoms with van der Waals surface area (Å²) < 4.78 is 13.9. The van der Waals surface area contributed by atoms with Crippen LogP contribution < -0.4 is 0 Å². The molecule has 0 N–H and O–H groups in total. The molecular weight excluding hydrogens is 333 g/mol. The van der Waals surface area contributed by atoms with Crippen molar-refractivity contribution in [3.8, 4) is 0 Å². The molecule has 2 unspecified atom stereocenters. The standard InChI is InChI=1S/C14H14BrClFNO/c15-8-6-9-4-5-10(7-8)18(9)14(19)13-11(16)2-1-3-12(13)17/h1-3,8-10H,4-7H2. The molecule has 0 saturated carbocycles. The Morgan fingerprint density at radius 3 is 2.53 bits per heavy atom. The quantitative estimate of drug-likeness (QED) is 0.704. The third kappa shape index (κ3) is 2.29. The topological polar surface area (TPSA) is 20.3 Å². The van der Waals surface area contributed by atoms with E-state index in [0.717, 1.165) is 25.7 Å². The van der Waals surface area contributed by atoms with Crippen LogP contribution in [0.4, 0.5) is 4.39 Å². The van der Waals surface area contributed by atoms with Crippen LogP contribution in [0.15, 0.2) is 18.2 Å². The predicted octanol–water partition coefficient (Wildman–Crippen LogP) is 4.01. The van der Waals surface area contributed by atoms with Crippen molar-refractivity contribution in [3.63, 3.8) is 0 Å². The second kappa shape index (κ2) is 5.06. The zero-order chi connectivity index (χ0) is 13.6. The molecule has 2 aliphatic rings. The highest BCUT2D eigenvalue weighted by molar-refractivity contribution is 9.09. The van der Waals surface area contributed by atoms with Gasteiger partial charge < -0.3 is 4.90 Å². The summed E-state index contributed by atoms with van der Waals surface area (Å²) in [5.41, 5.74) is 0.0223. The van der Waals surface area contributed by atoms with Crippen molar-refractivity contribution in [2.24, 2.45) is 0 Å². The summed E-state index contributed by atoms with van der Waals surface area (Å²) in [7, 11) is 0. The number of nitrogens with zero attached hydrogens (tertiary/aromatic N) is 1. The Hall–Kier alpha value is -0.610. The van der Waals surface area contributed by atoms with Crippen LogP contribution in [0.25, 0.3) is 0 Å². The van der Waals surface area contributed by atoms with Gasteiger partial charge in [0.2, 0.25) is 0 Å². The van der Waals surface area contributed by atoms with Crippen LogP contribution in [0.5, 0.6) is 0 Å². The lowest BCUT2D eigenvalue weighted by Crippen LogP contribution is -2.47. The molecule has 1 amide bonds. The first kappa shape index (κ1) is 13.4. The molecular formula is C14H14BrClFNO. The Bertz CT molecular complexity index is 490. The minimum atomic E-state index is -0.530. The fourth-order valence-electron chi connectivity index (χ4n) is 3.27. The predicted molar refractivity (Wildman–Crippen MR) is 76.3 cm³/mol. The molecule has 2 nitrogen and oxygen atoms in total. The molecule has 2 saturated heterocycles. The molecule has 0 aliphatic carbocycles. The largest absolute Gasteiger partial charge is 0.332 e. The Morgan fingerprint density at radius 1 is 1.32 bits per heavy atom. The number of halogens is 3. The number of piperidine rings is 1. The van der Waals surface area contributed by atoms with Crippen molar-refractivity contribution in [3.05, 3.63) is 34.6 Å². The van der Waals surface area contributed by atoms with Gasteiger partial charge in [-0.05, 0) is 37.8 Å². The molecule has 1 aromatic carbocycles. The van der Waals surface area contributed by atoms with E-state index in [1.165, 1.54) is 12.1 Å². The fraction of sp³-hybridized carbons (Fsp3) is 0.500. The molecule has 2 heterocycles. The number of hydrogen-bond acceptors (Lipinski definition) is 1. The first-order valence-corrected chi connectivity index (χ1v) is 7.78. The van der Waals surface area contributed by atoms with E-state index in [1.54, 1.807) is 6.07 Å². The van der Waals surface area contributed by atoms with E-state index < -0.39 is 5.82 Å². The van der Waals surface area contributed by atoms with Gasteiger partial charge in [-0.2, -0.15) is 0 Å². The summed E-state index contributed by atoms with van der Waals surface area (Å²) in [5.74, 6) is -0.784. The molecule has 19 heavy (non-hydrogen) atoms. The van der Waals surface area contributed by atoms with Gasteiger partial charge in [0.1, 0.15) is 5.82 Å². The lowest BCUT2D eigenvalue weighted by Gasteiger charge is -2.37. The minimum Gasteiger partial charge on any atom is -0.332 e. The van der Waals surface area contributed by atoms with Crippen LogP contribution in [0, 0.1) is 5.82 Å². The van der Waals surface area contributed by atoms with Crippen molar-refractivity contribution < 1.29 is 9.18 Å². The lowest BCUT2D eigenvalue weighted by atomic mass is 10.0. The Kier molecular flexibility index (Phi) is 3.56. The van der Waals surface area contributed by atoms with E-state index in [-0.39, 0.29) is 28.6 Å². The van der Waals surface area contributed by atoms with Crippen molar-refractivity contribution >= 4 is 33.4 Å². The van der Waals surface area contributed by atoms with Crippen molar-refractivity contribution in [1.29, 1.82) is 0 Å². The van der Waals surface area contributed by atoms with Gasteiger partial charge in [-0.15, -0.1) is 0 Å². The molecule has 0 radical (unpaired) electrons.